The first kappa shape index (κ1) is 11.1. The monoisotopic (exact) mass is 229 g/mol. The maximum Gasteiger partial charge on any atom is 0.311 e. The molecule has 0 saturated carbocycles. The maximum atomic E-state index is 10.8. The lowest BCUT2D eigenvalue weighted by Crippen LogP contribution is -1.98. The van der Waals surface area contributed by atoms with Crippen LogP contribution in [0, 0.1) is 17.0 Å². The first-order valence-corrected chi connectivity index (χ1v) is 5.10. The summed E-state index contributed by atoms with van der Waals surface area (Å²) in [7, 11) is 0. The van der Waals surface area contributed by atoms with Gasteiger partial charge in [0.15, 0.2) is 0 Å². The normalized spacial score (nSPS) is 9.94. The molecule has 0 saturated heterocycles. The molecular weight excluding hydrogens is 218 g/mol. The highest BCUT2D eigenvalue weighted by atomic mass is 16.6. The van der Waals surface area contributed by atoms with Gasteiger partial charge >= 0.3 is 5.69 Å². The topological polar surface area (TPSA) is 68.1 Å². The molecule has 0 unspecified atom stereocenters. The molecule has 5 nitrogen and oxygen atoms in total. The Labute approximate surface area is 98.3 Å². The SMILES string of the molecule is Cc1ccc(Nc2ncccc2[N+](=O)[O-])cc1. The fraction of sp³-hybridized carbons (Fsp3) is 0.0833. The van der Waals surface area contributed by atoms with Crippen LogP contribution in [-0.4, -0.2) is 9.91 Å². The predicted octanol–water partition coefficient (Wildman–Crippen LogP) is 3.04. The van der Waals surface area contributed by atoms with E-state index >= 15 is 0 Å². The van der Waals surface area contributed by atoms with E-state index < -0.39 is 4.92 Å². The molecule has 1 N–H and O–H groups in total. The Bertz CT molecular complexity index is 538. The van der Waals surface area contributed by atoms with E-state index in [-0.39, 0.29) is 11.5 Å². The zero-order chi connectivity index (χ0) is 12.3. The number of nitrogens with zero attached hydrogens (tertiary/aromatic N) is 2. The summed E-state index contributed by atoms with van der Waals surface area (Å²) in [5, 5.41) is 13.7. The van der Waals surface area contributed by atoms with E-state index in [1.54, 1.807) is 6.07 Å². The molecule has 17 heavy (non-hydrogen) atoms. The minimum atomic E-state index is -0.455. The third kappa shape index (κ3) is 2.57. The molecule has 0 radical (unpaired) electrons. The van der Waals surface area contributed by atoms with E-state index in [1.165, 1.54) is 12.3 Å². The summed E-state index contributed by atoms with van der Waals surface area (Å²) >= 11 is 0. The Morgan fingerprint density at radius 1 is 1.24 bits per heavy atom. The highest BCUT2D eigenvalue weighted by Crippen LogP contribution is 2.24. The molecule has 1 aromatic carbocycles. The second-order valence-electron chi connectivity index (χ2n) is 3.62. The molecule has 0 fully saturated rings. The number of aryl methyl sites for hydroxylation is 1. The van der Waals surface area contributed by atoms with Crippen LogP contribution in [-0.2, 0) is 0 Å². The number of pyridine rings is 1. The number of nitro groups is 1. The fourth-order valence-electron chi connectivity index (χ4n) is 1.41. The maximum absolute atomic E-state index is 10.8. The fourth-order valence-corrected chi connectivity index (χ4v) is 1.41. The van der Waals surface area contributed by atoms with Crippen LogP contribution in [0.25, 0.3) is 0 Å². The third-order valence-corrected chi connectivity index (χ3v) is 2.30. The van der Waals surface area contributed by atoms with Gasteiger partial charge in [0.25, 0.3) is 0 Å². The van der Waals surface area contributed by atoms with Gasteiger partial charge in [-0.25, -0.2) is 4.98 Å². The summed E-state index contributed by atoms with van der Waals surface area (Å²) in [5.41, 5.74) is 1.87. The van der Waals surface area contributed by atoms with Crippen LogP contribution in [0.4, 0.5) is 17.2 Å². The van der Waals surface area contributed by atoms with Crippen molar-refractivity contribution in [2.45, 2.75) is 6.92 Å². The smallest absolute Gasteiger partial charge is 0.311 e. The Hall–Kier alpha value is -2.43. The first-order chi connectivity index (χ1) is 8.16. The zero-order valence-electron chi connectivity index (χ0n) is 9.25. The molecule has 2 aromatic rings. The molecule has 0 atom stereocenters. The average molecular weight is 229 g/mol. The average Bonchev–Trinajstić information content (AvgIpc) is 2.32. The Morgan fingerprint density at radius 3 is 2.59 bits per heavy atom. The van der Waals surface area contributed by atoms with Crippen LogP contribution in [0.3, 0.4) is 0 Å². The number of hydrogen-bond donors (Lipinski definition) is 1. The van der Waals surface area contributed by atoms with Crippen molar-refractivity contribution in [3.05, 3.63) is 58.3 Å². The molecule has 0 spiro atoms. The van der Waals surface area contributed by atoms with Crippen LogP contribution in [0.2, 0.25) is 0 Å². The van der Waals surface area contributed by atoms with Crippen molar-refractivity contribution in [2.75, 3.05) is 5.32 Å². The number of benzene rings is 1. The summed E-state index contributed by atoms with van der Waals surface area (Å²) in [6.45, 7) is 1.98. The van der Waals surface area contributed by atoms with Gasteiger partial charge in [0.1, 0.15) is 0 Å². The zero-order valence-corrected chi connectivity index (χ0v) is 9.25. The van der Waals surface area contributed by atoms with Gasteiger partial charge in [-0.2, -0.15) is 0 Å². The summed E-state index contributed by atoms with van der Waals surface area (Å²) < 4.78 is 0. The molecule has 86 valence electrons. The summed E-state index contributed by atoms with van der Waals surface area (Å²) in [6, 6.07) is 10.5. The molecule has 0 aliphatic carbocycles. The van der Waals surface area contributed by atoms with E-state index in [2.05, 4.69) is 10.3 Å². The summed E-state index contributed by atoms with van der Waals surface area (Å²) in [5.74, 6) is 0.251. The van der Waals surface area contributed by atoms with Gasteiger partial charge in [0.2, 0.25) is 5.82 Å². The molecule has 0 amide bonds. The van der Waals surface area contributed by atoms with E-state index in [9.17, 15) is 10.1 Å². The molecule has 5 heteroatoms. The van der Waals surface area contributed by atoms with Crippen molar-refractivity contribution < 1.29 is 4.92 Å². The van der Waals surface area contributed by atoms with Crippen molar-refractivity contribution in [2.24, 2.45) is 0 Å². The molecule has 0 aliphatic rings. The van der Waals surface area contributed by atoms with Gasteiger partial charge in [0.05, 0.1) is 4.92 Å². The van der Waals surface area contributed by atoms with Gasteiger partial charge in [0, 0.05) is 18.0 Å². The Morgan fingerprint density at radius 2 is 1.94 bits per heavy atom. The predicted molar refractivity (Wildman–Crippen MR) is 65.4 cm³/mol. The summed E-state index contributed by atoms with van der Waals surface area (Å²) in [4.78, 5) is 14.3. The first-order valence-electron chi connectivity index (χ1n) is 5.10. The lowest BCUT2D eigenvalue weighted by molar-refractivity contribution is -0.384. The third-order valence-electron chi connectivity index (χ3n) is 2.30. The lowest BCUT2D eigenvalue weighted by atomic mass is 10.2. The molecule has 2 rings (SSSR count). The Balaban J connectivity index is 2.30. The summed E-state index contributed by atoms with van der Waals surface area (Å²) in [6.07, 6.45) is 1.52. The van der Waals surface area contributed by atoms with Crippen LogP contribution in [0.15, 0.2) is 42.6 Å². The van der Waals surface area contributed by atoms with Crippen molar-refractivity contribution in [1.29, 1.82) is 0 Å². The van der Waals surface area contributed by atoms with Crippen molar-refractivity contribution in [3.8, 4) is 0 Å². The standard InChI is InChI=1S/C12H11N3O2/c1-9-4-6-10(7-5-9)14-12-11(15(16)17)3-2-8-13-12/h2-8H,1H3,(H,13,14). The largest absolute Gasteiger partial charge is 0.334 e. The van der Waals surface area contributed by atoms with Crippen molar-refractivity contribution in [1.82, 2.24) is 4.98 Å². The van der Waals surface area contributed by atoms with Gasteiger partial charge in [-0.3, -0.25) is 10.1 Å². The molecular formula is C12H11N3O2. The number of nitrogens with one attached hydrogen (secondary N) is 1. The van der Waals surface area contributed by atoms with Crippen LogP contribution in [0.5, 0.6) is 0 Å². The van der Waals surface area contributed by atoms with Crippen molar-refractivity contribution in [3.63, 3.8) is 0 Å². The minimum Gasteiger partial charge on any atom is -0.334 e. The quantitative estimate of drug-likeness (QED) is 0.648. The molecule has 1 heterocycles. The number of rotatable bonds is 3. The highest BCUT2D eigenvalue weighted by Gasteiger charge is 2.13. The van der Waals surface area contributed by atoms with Crippen LogP contribution in [0.1, 0.15) is 5.56 Å². The lowest BCUT2D eigenvalue weighted by Gasteiger charge is -2.05. The molecule has 0 aliphatic heterocycles. The Kier molecular flexibility index (Phi) is 3.00. The minimum absolute atomic E-state index is 0.0342. The van der Waals surface area contributed by atoms with E-state index in [0.29, 0.717) is 0 Å². The van der Waals surface area contributed by atoms with Crippen LogP contribution < -0.4 is 5.32 Å². The number of anilines is 2. The number of hydrogen-bond acceptors (Lipinski definition) is 4. The molecule has 1 aromatic heterocycles. The molecule has 0 bridgehead atoms. The van der Waals surface area contributed by atoms with E-state index in [0.717, 1.165) is 11.3 Å². The second-order valence-corrected chi connectivity index (χ2v) is 3.62. The van der Waals surface area contributed by atoms with Gasteiger partial charge in [-0.05, 0) is 25.1 Å². The van der Waals surface area contributed by atoms with E-state index in [1.807, 2.05) is 31.2 Å². The second kappa shape index (κ2) is 4.61. The van der Waals surface area contributed by atoms with Gasteiger partial charge in [-0.15, -0.1) is 0 Å². The number of aromatic nitrogens is 1. The van der Waals surface area contributed by atoms with Gasteiger partial charge in [-0.1, -0.05) is 17.7 Å². The van der Waals surface area contributed by atoms with Crippen molar-refractivity contribution >= 4 is 17.2 Å². The van der Waals surface area contributed by atoms with E-state index in [4.69, 9.17) is 0 Å². The van der Waals surface area contributed by atoms with Gasteiger partial charge < -0.3 is 5.32 Å². The highest BCUT2D eigenvalue weighted by molar-refractivity contribution is 5.65. The van der Waals surface area contributed by atoms with Crippen LogP contribution >= 0.6 is 0 Å².